The van der Waals surface area contributed by atoms with Gasteiger partial charge in [-0.15, -0.1) is 33.6 Å². The Morgan fingerprint density at radius 3 is 1.42 bits per heavy atom. The molecular formula is C38H36Cl2F3N7O9S. The second-order valence-corrected chi connectivity index (χ2v) is 14.5. The number of anilines is 1. The molecule has 2 heterocycles. The maximum Gasteiger partial charge on any atom is 0.573 e. The van der Waals surface area contributed by atoms with Crippen LogP contribution in [0.4, 0.5) is 18.9 Å². The molecule has 22 heteroatoms. The number of ether oxygens (including phenoxy) is 1. The molecule has 6 aromatic rings. The number of amides is 2. The summed E-state index contributed by atoms with van der Waals surface area (Å²) in [6, 6.07) is 21.6. The topological polar surface area (TPSA) is 232 Å². The van der Waals surface area contributed by atoms with Gasteiger partial charge in [-0.1, -0.05) is 37.0 Å². The molecule has 2 amide bonds. The predicted molar refractivity (Wildman–Crippen MR) is 213 cm³/mol. The van der Waals surface area contributed by atoms with E-state index in [1.807, 2.05) is 13.8 Å². The van der Waals surface area contributed by atoms with E-state index in [2.05, 4.69) is 40.5 Å². The van der Waals surface area contributed by atoms with Crippen molar-refractivity contribution in [2.45, 2.75) is 32.3 Å². The lowest BCUT2D eigenvalue weighted by molar-refractivity contribution is -0.274. The van der Waals surface area contributed by atoms with Gasteiger partial charge >= 0.3 is 6.36 Å². The smallest absolute Gasteiger partial charge is 0.418 e. The van der Waals surface area contributed by atoms with Crippen molar-refractivity contribution >= 4 is 50.7 Å². The Kier molecular flexibility index (Phi) is 16.5. The molecule has 0 radical (unpaired) electrons. The Morgan fingerprint density at radius 2 is 1.07 bits per heavy atom. The number of nitrogens with one attached hydrogen (secondary N) is 3. The molecule has 2 aromatic heterocycles. The van der Waals surface area contributed by atoms with Crippen LogP contribution in [-0.2, 0) is 10.0 Å². The summed E-state index contributed by atoms with van der Waals surface area (Å²) in [5, 5.41) is 40.7. The quantitative estimate of drug-likeness (QED) is 0.0787. The number of nitrogens with zero attached hydrogens (tertiary/aromatic N) is 4. The number of alkyl halides is 3. The van der Waals surface area contributed by atoms with Crippen LogP contribution in [0.3, 0.4) is 0 Å². The number of benzene rings is 4. The normalized spacial score (nSPS) is 12.1. The van der Waals surface area contributed by atoms with Crippen molar-refractivity contribution in [1.29, 1.82) is 0 Å². The molecule has 0 saturated carbocycles. The van der Waals surface area contributed by atoms with Gasteiger partial charge in [-0.05, 0) is 97.1 Å². The SMILES string of the molecule is CC.CS(=O)(=O)Nc1ccc(-c2nnc([C@@H](CO)NC(=O)c3ccc(Cl)cc3)o2)cc1.O=C(N[C@H](CO)c1nnc(-c2ccc(OC(F)(F)F)cc2)o1)c1ccc(Cl)cc1. The molecule has 6 rings (SSSR count). The van der Waals surface area contributed by atoms with Crippen LogP contribution in [0.2, 0.25) is 10.0 Å². The van der Waals surface area contributed by atoms with Crippen molar-refractivity contribution < 1.29 is 55.0 Å². The Bertz CT molecular complexity index is 2420. The van der Waals surface area contributed by atoms with Gasteiger partial charge in [0.1, 0.15) is 17.8 Å². The van der Waals surface area contributed by atoms with E-state index in [0.29, 0.717) is 38.0 Å². The first kappa shape index (κ1) is 46.6. The van der Waals surface area contributed by atoms with E-state index in [-0.39, 0.29) is 23.6 Å². The number of aromatic nitrogens is 4. The van der Waals surface area contributed by atoms with Gasteiger partial charge in [-0.25, -0.2) is 8.42 Å². The van der Waals surface area contributed by atoms with Crippen molar-refractivity contribution in [2.24, 2.45) is 0 Å². The van der Waals surface area contributed by atoms with Crippen LogP contribution in [0, 0.1) is 0 Å². The summed E-state index contributed by atoms with van der Waals surface area (Å²) < 4.78 is 76.3. The van der Waals surface area contributed by atoms with Crippen molar-refractivity contribution in [2.75, 3.05) is 24.2 Å². The van der Waals surface area contributed by atoms with E-state index in [4.69, 9.17) is 32.0 Å². The number of rotatable bonds is 13. The average molecular weight is 895 g/mol. The maximum atomic E-state index is 12.3. The molecule has 0 saturated heterocycles. The highest BCUT2D eigenvalue weighted by Crippen LogP contribution is 2.27. The van der Waals surface area contributed by atoms with Crippen molar-refractivity contribution in [3.63, 3.8) is 0 Å². The number of aliphatic hydroxyl groups is 2. The summed E-state index contributed by atoms with van der Waals surface area (Å²) in [6.45, 7) is 3.04. The van der Waals surface area contributed by atoms with Gasteiger partial charge in [0.15, 0.2) is 0 Å². The number of sulfonamides is 1. The number of halogens is 5. The zero-order valence-corrected chi connectivity index (χ0v) is 34.0. The molecule has 2 atom stereocenters. The maximum absolute atomic E-state index is 12.3. The van der Waals surface area contributed by atoms with Crippen LogP contribution < -0.4 is 20.1 Å². The molecule has 0 bridgehead atoms. The number of aliphatic hydroxyl groups excluding tert-OH is 2. The standard InChI is InChI=1S/C18H13ClF3N3O4.C18H17ClN4O5S.C2H6/c19-12-5-1-10(2-6-12)15(27)23-14(9-26)17-25-24-16(28-17)11-3-7-13(8-4-11)29-18(20,21)22;1-29(26,27)23-14-8-4-12(5-9-14)17-21-22-18(28-17)15(10-24)20-16(25)11-2-6-13(19)7-3-11;1-2/h1-8,14,26H,9H2,(H,23,27);2-9,15,23-24H,10H2,1H3,(H,20,25);1-2H3/t14-;15-;/m11./s1. The van der Waals surface area contributed by atoms with Gasteiger partial charge in [0.25, 0.3) is 11.8 Å². The monoisotopic (exact) mass is 893 g/mol. The van der Waals surface area contributed by atoms with E-state index < -0.39 is 59.2 Å². The lowest BCUT2D eigenvalue weighted by atomic mass is 10.2. The summed E-state index contributed by atoms with van der Waals surface area (Å²) in [4.78, 5) is 24.6. The molecule has 0 aliphatic heterocycles. The molecule has 16 nitrogen and oxygen atoms in total. The third kappa shape index (κ3) is 14.1. The van der Waals surface area contributed by atoms with Gasteiger partial charge in [0, 0.05) is 38.0 Å². The predicted octanol–water partition coefficient (Wildman–Crippen LogP) is 7.00. The second kappa shape index (κ2) is 21.3. The van der Waals surface area contributed by atoms with Crippen molar-refractivity contribution in [3.8, 4) is 28.7 Å². The molecular weight excluding hydrogens is 858 g/mol. The van der Waals surface area contributed by atoms with Crippen molar-refractivity contribution in [3.05, 3.63) is 130 Å². The van der Waals surface area contributed by atoms with E-state index in [1.54, 1.807) is 60.7 Å². The van der Waals surface area contributed by atoms with Crippen molar-refractivity contribution in [1.82, 2.24) is 31.0 Å². The highest BCUT2D eigenvalue weighted by molar-refractivity contribution is 7.92. The van der Waals surface area contributed by atoms with Gasteiger partial charge in [-0.3, -0.25) is 14.3 Å². The molecule has 5 N–H and O–H groups in total. The van der Waals surface area contributed by atoms with Crippen LogP contribution in [0.15, 0.2) is 106 Å². The molecule has 0 unspecified atom stereocenters. The minimum atomic E-state index is -4.80. The van der Waals surface area contributed by atoms with E-state index in [9.17, 15) is 41.4 Å². The Labute approximate surface area is 350 Å². The summed E-state index contributed by atoms with van der Waals surface area (Å²) in [6.07, 6.45) is -3.74. The van der Waals surface area contributed by atoms with E-state index in [1.165, 1.54) is 24.3 Å². The number of hydrogen-bond acceptors (Lipinski definition) is 13. The third-order valence-electron chi connectivity index (χ3n) is 7.44. The second-order valence-electron chi connectivity index (χ2n) is 11.8. The van der Waals surface area contributed by atoms with Crippen LogP contribution >= 0.6 is 23.2 Å². The molecule has 60 heavy (non-hydrogen) atoms. The van der Waals surface area contributed by atoms with Gasteiger partial charge in [0.05, 0.1) is 19.5 Å². The summed E-state index contributed by atoms with van der Waals surface area (Å²) in [5.74, 6) is -1.21. The summed E-state index contributed by atoms with van der Waals surface area (Å²) >= 11 is 11.6. The third-order valence-corrected chi connectivity index (χ3v) is 8.55. The molecule has 0 aliphatic carbocycles. The molecule has 0 aliphatic rings. The fourth-order valence-corrected chi connectivity index (χ4v) is 5.55. The lowest BCUT2D eigenvalue weighted by Gasteiger charge is -2.12. The molecule has 0 spiro atoms. The highest BCUT2D eigenvalue weighted by atomic mass is 35.5. The van der Waals surface area contributed by atoms with Gasteiger partial charge in [-0.2, -0.15) is 0 Å². The zero-order chi connectivity index (χ0) is 44.0. The van der Waals surface area contributed by atoms with Gasteiger partial charge in [0.2, 0.25) is 33.6 Å². The minimum Gasteiger partial charge on any atom is -0.418 e. The van der Waals surface area contributed by atoms with Crippen LogP contribution in [0.5, 0.6) is 5.75 Å². The van der Waals surface area contributed by atoms with E-state index >= 15 is 0 Å². The van der Waals surface area contributed by atoms with E-state index in [0.717, 1.165) is 18.4 Å². The highest BCUT2D eigenvalue weighted by Gasteiger charge is 2.31. The first-order valence-corrected chi connectivity index (χ1v) is 20.1. The molecule has 318 valence electrons. The zero-order valence-electron chi connectivity index (χ0n) is 31.6. The number of carbonyl (C=O) groups is 2. The first-order chi connectivity index (χ1) is 28.5. The Balaban J connectivity index is 0.000000254. The average Bonchev–Trinajstić information content (AvgIpc) is 3.91. The first-order valence-electron chi connectivity index (χ1n) is 17.5. The summed E-state index contributed by atoms with van der Waals surface area (Å²) in [5.41, 5.74) is 1.94. The van der Waals surface area contributed by atoms with Crippen LogP contribution in [-0.4, -0.2) is 76.7 Å². The van der Waals surface area contributed by atoms with Crippen LogP contribution in [0.1, 0.15) is 58.4 Å². The number of hydrogen-bond donors (Lipinski definition) is 5. The molecule has 0 fully saturated rings. The number of carbonyl (C=O) groups excluding carboxylic acids is 2. The minimum absolute atomic E-state index is 0.00208. The Morgan fingerprint density at radius 1 is 0.683 bits per heavy atom. The Hall–Kier alpha value is -6.06. The van der Waals surface area contributed by atoms with Gasteiger partial charge < -0.3 is 34.4 Å². The summed E-state index contributed by atoms with van der Waals surface area (Å²) in [7, 11) is -3.38. The lowest BCUT2D eigenvalue weighted by Crippen LogP contribution is -2.31. The fourth-order valence-electron chi connectivity index (χ4n) is 4.73. The molecule has 4 aromatic carbocycles. The fraction of sp³-hybridized carbons (Fsp3) is 0.211. The largest absolute Gasteiger partial charge is 0.573 e. The van der Waals surface area contributed by atoms with Crippen LogP contribution in [0.25, 0.3) is 22.9 Å².